The molecule has 12 heteroatoms. The number of ketones is 2. The van der Waals surface area contributed by atoms with Gasteiger partial charge in [-0.2, -0.15) is 0 Å². The summed E-state index contributed by atoms with van der Waals surface area (Å²) >= 11 is 0. The number of nitrogens with zero attached hydrogens (tertiary/aromatic N) is 2. The smallest absolute Gasteiger partial charge is 0.300 e. The lowest BCUT2D eigenvalue weighted by Gasteiger charge is -2.45. The van der Waals surface area contributed by atoms with Crippen LogP contribution < -0.4 is 0 Å². The number of amides is 1. The van der Waals surface area contributed by atoms with Gasteiger partial charge in [-0.05, 0) is 83.8 Å². The van der Waals surface area contributed by atoms with Crippen LogP contribution in [0.2, 0.25) is 18.1 Å². The Morgan fingerprint density at radius 3 is 2.27 bits per heavy atom. The molecule has 1 saturated heterocycles. The van der Waals surface area contributed by atoms with Crippen LogP contribution in [0.4, 0.5) is 0 Å². The first-order valence-corrected chi connectivity index (χ1v) is 23.1. The van der Waals surface area contributed by atoms with E-state index in [9.17, 15) is 28.1 Å². The average molecular weight is 745 g/mol. The van der Waals surface area contributed by atoms with Gasteiger partial charge in [0, 0.05) is 15.9 Å². The largest absolute Gasteiger partial charge is 0.409 e. The number of fused-ring (bicyclic) bond motifs is 6. The van der Waals surface area contributed by atoms with Crippen molar-refractivity contribution in [2.75, 3.05) is 5.75 Å². The van der Waals surface area contributed by atoms with E-state index in [-0.39, 0.29) is 29.6 Å². The van der Waals surface area contributed by atoms with Gasteiger partial charge in [0.2, 0.25) is 21.7 Å². The molecule has 52 heavy (non-hydrogen) atoms. The summed E-state index contributed by atoms with van der Waals surface area (Å²) < 4.78 is 37.0. The molecule has 5 aliphatic carbocycles. The molecule has 4 fully saturated rings. The summed E-state index contributed by atoms with van der Waals surface area (Å²) in [5.74, 6) is -5.58. The van der Waals surface area contributed by atoms with Gasteiger partial charge in [-0.15, -0.1) is 0 Å². The number of hydrogen-bond acceptors (Lipinski definition) is 8. The lowest BCUT2D eigenvalue weighted by molar-refractivity contribution is -0.565. The van der Waals surface area contributed by atoms with Crippen molar-refractivity contribution in [1.82, 2.24) is 4.31 Å². The van der Waals surface area contributed by atoms with Crippen molar-refractivity contribution in [1.29, 1.82) is 0 Å². The van der Waals surface area contributed by atoms with E-state index in [4.69, 9.17) is 4.43 Å². The lowest BCUT2D eigenvalue weighted by Crippen LogP contribution is -2.63. The van der Waals surface area contributed by atoms with E-state index in [0.29, 0.717) is 23.5 Å². The Balaban J connectivity index is 1.37. The van der Waals surface area contributed by atoms with Crippen LogP contribution in [0.5, 0.6) is 0 Å². The van der Waals surface area contributed by atoms with Crippen LogP contribution in [-0.2, 0) is 24.0 Å². The van der Waals surface area contributed by atoms with Crippen LogP contribution in [0.3, 0.4) is 0 Å². The first-order chi connectivity index (χ1) is 24.7. The van der Waals surface area contributed by atoms with Crippen LogP contribution in [0.15, 0.2) is 60.2 Å². The highest BCUT2D eigenvalue weighted by molar-refractivity contribution is 7.90. The first-order valence-electron chi connectivity index (χ1n) is 19.0. The minimum Gasteiger partial charge on any atom is -0.409 e. The Bertz CT molecular complexity index is 2040. The highest BCUT2D eigenvalue weighted by atomic mass is 32.2. The van der Waals surface area contributed by atoms with Crippen molar-refractivity contribution in [2.24, 2.45) is 28.6 Å². The Labute approximate surface area is 306 Å². The van der Waals surface area contributed by atoms with Gasteiger partial charge in [-0.1, -0.05) is 89.2 Å². The Morgan fingerprint density at radius 1 is 0.981 bits per heavy atom. The van der Waals surface area contributed by atoms with Crippen LogP contribution in [-0.4, -0.2) is 66.9 Å². The second-order valence-electron chi connectivity index (χ2n) is 16.8. The predicted octanol–water partition coefficient (Wildman–Crippen LogP) is 6.80. The molecule has 1 heterocycles. The number of Topliss-reactive ketones (excluding diaryl/α,β-unsaturated/α-hetero) is 2. The molecule has 10 nitrogen and oxygen atoms in total. The zero-order chi connectivity index (χ0) is 37.2. The SMILES string of the molecule is CC[Si](CC)(CC)O[C@H]1C2=C(c3ccccc3)C[C@@H]3c4ccccc4C(=O)C(=O)[C@]3([N+](=O)[O-])[C@@H]2C[C@H]1C(=O)N1C2CC3CC[C@]2(CS1(=O)=O)C3(C)C. The third-order valence-corrected chi connectivity index (χ3v) is 21.7. The highest BCUT2D eigenvalue weighted by Gasteiger charge is 2.76. The fraction of sp³-hybridized carbons (Fsp3) is 0.575. The molecule has 0 aromatic heterocycles. The van der Waals surface area contributed by atoms with Gasteiger partial charge in [-0.3, -0.25) is 24.5 Å². The summed E-state index contributed by atoms with van der Waals surface area (Å²) in [6.07, 6.45) is 1.21. The van der Waals surface area contributed by atoms with Gasteiger partial charge in [0.1, 0.15) is 0 Å². The number of allylic oxidation sites excluding steroid dienone is 1. The summed E-state index contributed by atoms with van der Waals surface area (Å²) in [5, 5.41) is 13.8. The molecule has 1 aliphatic heterocycles. The van der Waals surface area contributed by atoms with E-state index in [1.165, 1.54) is 4.31 Å². The maximum atomic E-state index is 15.4. The van der Waals surface area contributed by atoms with E-state index in [1.54, 1.807) is 24.3 Å². The number of carbonyl (C=O) groups is 3. The van der Waals surface area contributed by atoms with Crippen molar-refractivity contribution in [3.63, 3.8) is 0 Å². The lowest BCUT2D eigenvalue weighted by atomic mass is 9.56. The fourth-order valence-corrected chi connectivity index (χ4v) is 17.5. The van der Waals surface area contributed by atoms with E-state index in [0.717, 1.165) is 42.1 Å². The summed E-state index contributed by atoms with van der Waals surface area (Å²) in [5.41, 5.74) is -0.459. The summed E-state index contributed by atoms with van der Waals surface area (Å²) in [4.78, 5) is 57.0. The Kier molecular flexibility index (Phi) is 8.04. The normalized spacial score (nSPS) is 35.3. The predicted molar refractivity (Wildman–Crippen MR) is 198 cm³/mol. The minimum atomic E-state index is -4.03. The Hall–Kier alpha value is -3.48. The van der Waals surface area contributed by atoms with E-state index in [1.807, 2.05) is 30.3 Å². The molecular formula is C40H48N2O8SSi. The van der Waals surface area contributed by atoms with Gasteiger partial charge >= 0.3 is 5.54 Å². The quantitative estimate of drug-likeness (QED) is 0.124. The molecule has 8 rings (SSSR count). The van der Waals surface area contributed by atoms with Crippen LogP contribution in [0.25, 0.3) is 5.57 Å². The molecule has 0 N–H and O–H groups in total. The third kappa shape index (κ3) is 4.37. The molecule has 0 radical (unpaired) electrons. The van der Waals surface area contributed by atoms with Gasteiger partial charge in [-0.25, -0.2) is 12.7 Å². The standard InChI is InChI=1S/C40H48N2O8SSi/c1-6-52(7-2,8-3)50-35-29(37(45)41-32-20-25-18-19-39(32,38(25,4)5)23-51(41,48)49)22-31-33(35)28(24-14-10-9-11-15-24)21-30-26-16-12-13-17-27(26)34(43)36(44)40(30,31)42(46)47/h9-17,25,29-32,35H,6-8,18-23H2,1-5H3/t25?,29-,30-,31-,32?,35-,39-,40-/m1/s1. The summed E-state index contributed by atoms with van der Waals surface area (Å²) in [7, 11) is -6.60. The van der Waals surface area contributed by atoms with Crippen molar-refractivity contribution >= 4 is 41.4 Å². The van der Waals surface area contributed by atoms with Crippen LogP contribution in [0.1, 0.15) is 94.1 Å². The molecule has 3 saturated carbocycles. The first kappa shape index (κ1) is 35.5. The van der Waals surface area contributed by atoms with E-state index < -0.39 is 81.6 Å². The molecule has 276 valence electrons. The van der Waals surface area contributed by atoms with E-state index >= 15 is 4.79 Å². The van der Waals surface area contributed by atoms with Gasteiger partial charge < -0.3 is 4.43 Å². The number of nitro groups is 1. The molecule has 2 unspecified atom stereocenters. The minimum absolute atomic E-state index is 0.0934. The molecular weight excluding hydrogens is 697 g/mol. The van der Waals surface area contributed by atoms with Gasteiger partial charge in [0.15, 0.2) is 8.32 Å². The van der Waals surface area contributed by atoms with Crippen molar-refractivity contribution in [3.8, 4) is 0 Å². The number of benzene rings is 2. The maximum absolute atomic E-state index is 15.4. The van der Waals surface area contributed by atoms with Crippen molar-refractivity contribution < 1.29 is 32.2 Å². The van der Waals surface area contributed by atoms with Crippen molar-refractivity contribution in [3.05, 3.63) is 87.0 Å². The molecule has 1 amide bonds. The van der Waals surface area contributed by atoms with Crippen LogP contribution >= 0.6 is 0 Å². The topological polar surface area (TPSA) is 141 Å². The highest BCUT2D eigenvalue weighted by Crippen LogP contribution is 2.70. The summed E-state index contributed by atoms with van der Waals surface area (Å²) in [6.45, 7) is 10.5. The second kappa shape index (κ2) is 11.8. The molecule has 1 spiro atoms. The average Bonchev–Trinajstić information content (AvgIpc) is 3.77. The molecule has 2 bridgehead atoms. The zero-order valence-electron chi connectivity index (χ0n) is 30.6. The summed E-state index contributed by atoms with van der Waals surface area (Å²) in [6, 6.07) is 17.9. The zero-order valence-corrected chi connectivity index (χ0v) is 32.4. The van der Waals surface area contributed by atoms with Crippen LogP contribution in [0, 0.1) is 38.7 Å². The molecule has 2 aromatic carbocycles. The number of rotatable bonds is 8. The maximum Gasteiger partial charge on any atom is 0.300 e. The van der Waals surface area contributed by atoms with E-state index in [2.05, 4.69) is 34.6 Å². The monoisotopic (exact) mass is 744 g/mol. The number of carbonyl (C=O) groups excluding carboxylic acids is 3. The van der Waals surface area contributed by atoms with Gasteiger partial charge in [0.05, 0.1) is 35.7 Å². The third-order valence-electron chi connectivity index (χ3n) is 15.2. The molecule has 6 aliphatic rings. The second-order valence-corrected chi connectivity index (χ2v) is 23.4. The number of sulfonamides is 1. The molecule has 2 aromatic rings. The Morgan fingerprint density at radius 2 is 1.63 bits per heavy atom. The molecule has 8 atom stereocenters. The van der Waals surface area contributed by atoms with Crippen molar-refractivity contribution in [2.45, 2.75) is 108 Å². The fourth-order valence-electron chi connectivity index (χ4n) is 12.1. The van der Waals surface area contributed by atoms with Gasteiger partial charge in [0.25, 0.3) is 5.78 Å². The number of hydrogen-bond donors (Lipinski definition) is 0.